The van der Waals surface area contributed by atoms with Gasteiger partial charge < -0.3 is 5.32 Å². The molecule has 0 atom stereocenters. The second kappa shape index (κ2) is 8.87. The lowest BCUT2D eigenvalue weighted by Gasteiger charge is -2.47. The van der Waals surface area contributed by atoms with E-state index in [1.807, 2.05) is 37.3 Å². The number of nitrogens with zero attached hydrogens (tertiary/aromatic N) is 4. The van der Waals surface area contributed by atoms with E-state index in [2.05, 4.69) is 50.7 Å². The van der Waals surface area contributed by atoms with Gasteiger partial charge in [-0.25, -0.2) is 0 Å². The molecule has 1 N–H and O–H groups in total. The molecule has 6 nitrogen and oxygen atoms in total. The Labute approximate surface area is 189 Å². The van der Waals surface area contributed by atoms with E-state index in [9.17, 15) is 4.79 Å². The second-order valence-electron chi connectivity index (χ2n) is 9.10. The summed E-state index contributed by atoms with van der Waals surface area (Å²) in [5, 5.41) is 12.2. The van der Waals surface area contributed by atoms with Crippen molar-refractivity contribution >= 4 is 5.91 Å². The van der Waals surface area contributed by atoms with Crippen LogP contribution >= 0.6 is 0 Å². The van der Waals surface area contributed by atoms with Crippen molar-refractivity contribution in [2.24, 2.45) is 0 Å². The van der Waals surface area contributed by atoms with E-state index < -0.39 is 0 Å². The van der Waals surface area contributed by atoms with Gasteiger partial charge in [-0.3, -0.25) is 9.69 Å². The van der Waals surface area contributed by atoms with E-state index in [0.717, 1.165) is 31.4 Å². The molecule has 166 valence electrons. The minimum Gasteiger partial charge on any atom is -0.348 e. The predicted molar refractivity (Wildman–Crippen MR) is 125 cm³/mol. The van der Waals surface area contributed by atoms with Gasteiger partial charge in [0.1, 0.15) is 0 Å². The zero-order valence-corrected chi connectivity index (χ0v) is 18.7. The Balaban J connectivity index is 1.28. The fraction of sp³-hybridized carbons (Fsp3) is 0.423. The van der Waals surface area contributed by atoms with E-state index in [1.54, 1.807) is 4.80 Å². The summed E-state index contributed by atoms with van der Waals surface area (Å²) in [6, 6.07) is 20.8. The molecule has 2 heterocycles. The molecule has 1 aromatic heterocycles. The van der Waals surface area contributed by atoms with Crippen molar-refractivity contribution < 1.29 is 4.79 Å². The van der Waals surface area contributed by atoms with Gasteiger partial charge >= 0.3 is 0 Å². The summed E-state index contributed by atoms with van der Waals surface area (Å²) in [5.74, 6) is -0.122. The van der Waals surface area contributed by atoms with Gasteiger partial charge in [-0.05, 0) is 76.2 Å². The number of likely N-dealkylation sites (tertiary alicyclic amines) is 1. The zero-order valence-electron chi connectivity index (χ0n) is 18.7. The van der Waals surface area contributed by atoms with Gasteiger partial charge in [0, 0.05) is 11.6 Å². The lowest BCUT2D eigenvalue weighted by molar-refractivity contribution is 0.0570. The zero-order chi connectivity index (χ0) is 22.0. The first kappa shape index (κ1) is 20.9. The Morgan fingerprint density at radius 3 is 2.22 bits per heavy atom. The number of para-hydroxylation sites is 1. The molecule has 1 saturated carbocycles. The van der Waals surface area contributed by atoms with Crippen molar-refractivity contribution in [3.8, 4) is 5.69 Å². The minimum absolute atomic E-state index is 0.103. The van der Waals surface area contributed by atoms with Crippen LogP contribution in [0.25, 0.3) is 5.69 Å². The van der Waals surface area contributed by atoms with Gasteiger partial charge in [0.25, 0.3) is 5.91 Å². The first-order valence-electron chi connectivity index (χ1n) is 11.8. The summed E-state index contributed by atoms with van der Waals surface area (Å²) in [4.78, 5) is 17.3. The fourth-order valence-electron chi connectivity index (χ4n) is 5.44. The highest BCUT2D eigenvalue weighted by Crippen LogP contribution is 2.44. The molecule has 0 radical (unpaired) electrons. The maximum absolute atomic E-state index is 13.0. The lowest BCUT2D eigenvalue weighted by atomic mass is 9.73. The maximum atomic E-state index is 13.0. The van der Waals surface area contributed by atoms with Crippen LogP contribution in [0.15, 0.2) is 60.7 Å². The molecule has 0 spiro atoms. The average Bonchev–Trinajstić information content (AvgIpc) is 3.51. The van der Waals surface area contributed by atoms with Crippen LogP contribution in [0.3, 0.4) is 0 Å². The Kier molecular flexibility index (Phi) is 5.79. The molecule has 2 fully saturated rings. The molecule has 1 aliphatic carbocycles. The normalized spacial score (nSPS) is 23.8. The summed E-state index contributed by atoms with van der Waals surface area (Å²) in [6.45, 7) is 4.19. The number of aromatic nitrogens is 3. The van der Waals surface area contributed by atoms with Gasteiger partial charge in [-0.1, -0.05) is 48.5 Å². The number of nitrogens with one attached hydrogen (secondary N) is 1. The molecule has 6 heteroatoms. The number of benzene rings is 2. The highest BCUT2D eigenvalue weighted by Gasteiger charge is 2.42. The molecule has 0 bridgehead atoms. The third-order valence-electron chi connectivity index (χ3n) is 7.15. The van der Waals surface area contributed by atoms with E-state index in [-0.39, 0.29) is 17.5 Å². The van der Waals surface area contributed by atoms with Crippen LogP contribution in [0.2, 0.25) is 0 Å². The van der Waals surface area contributed by atoms with Crippen molar-refractivity contribution in [1.29, 1.82) is 0 Å². The monoisotopic (exact) mass is 429 g/mol. The fourth-order valence-corrected chi connectivity index (χ4v) is 5.44. The lowest BCUT2D eigenvalue weighted by Crippen LogP contribution is -2.50. The quantitative estimate of drug-likeness (QED) is 0.659. The van der Waals surface area contributed by atoms with E-state index in [4.69, 9.17) is 0 Å². The largest absolute Gasteiger partial charge is 0.348 e. The Morgan fingerprint density at radius 2 is 1.56 bits per heavy atom. The molecular formula is C26H31N5O. The molecule has 1 saturated heterocycles. The SMILES string of the molecule is Cc1nn(-c2ccccc2)nc1C(=O)NC1CCC(c2ccccc2)(N2CCCC2)CC1. The van der Waals surface area contributed by atoms with Crippen LogP contribution in [-0.4, -0.2) is 44.9 Å². The Morgan fingerprint density at radius 1 is 0.938 bits per heavy atom. The average molecular weight is 430 g/mol. The molecule has 3 aromatic rings. The molecule has 2 aliphatic rings. The summed E-state index contributed by atoms with van der Waals surface area (Å²) >= 11 is 0. The van der Waals surface area contributed by atoms with Crippen LogP contribution in [0, 0.1) is 6.92 Å². The molecule has 0 unspecified atom stereocenters. The van der Waals surface area contributed by atoms with Crippen molar-refractivity contribution in [2.45, 2.75) is 57.0 Å². The first-order chi connectivity index (χ1) is 15.7. The molecular weight excluding hydrogens is 398 g/mol. The number of hydrogen-bond donors (Lipinski definition) is 1. The number of rotatable bonds is 5. The van der Waals surface area contributed by atoms with E-state index in [1.165, 1.54) is 31.5 Å². The number of carbonyl (C=O) groups excluding carboxylic acids is 1. The number of carbonyl (C=O) groups is 1. The summed E-state index contributed by atoms with van der Waals surface area (Å²) in [5.41, 5.74) is 3.44. The van der Waals surface area contributed by atoms with Gasteiger partial charge in [0.05, 0.1) is 11.4 Å². The second-order valence-corrected chi connectivity index (χ2v) is 9.10. The number of aryl methyl sites for hydroxylation is 1. The number of hydrogen-bond acceptors (Lipinski definition) is 4. The van der Waals surface area contributed by atoms with Gasteiger partial charge in [-0.2, -0.15) is 9.90 Å². The predicted octanol–water partition coefficient (Wildman–Crippen LogP) is 4.24. The van der Waals surface area contributed by atoms with Crippen molar-refractivity contribution in [1.82, 2.24) is 25.2 Å². The topological polar surface area (TPSA) is 63.1 Å². The van der Waals surface area contributed by atoms with Gasteiger partial charge in [-0.15, -0.1) is 5.10 Å². The van der Waals surface area contributed by atoms with Crippen LogP contribution in [0.1, 0.15) is 60.3 Å². The molecule has 5 rings (SSSR count). The molecule has 1 amide bonds. The third kappa shape index (κ3) is 3.95. The van der Waals surface area contributed by atoms with Crippen molar-refractivity contribution in [3.05, 3.63) is 77.6 Å². The number of amides is 1. The van der Waals surface area contributed by atoms with Crippen LogP contribution in [0.4, 0.5) is 0 Å². The van der Waals surface area contributed by atoms with Crippen LogP contribution < -0.4 is 5.32 Å². The maximum Gasteiger partial charge on any atom is 0.273 e. The standard InChI is InChI=1S/C26H31N5O/c1-20-24(29-31(28-20)23-12-6-3-7-13-23)25(32)27-22-14-16-26(17-15-22,30-18-8-9-19-30)21-10-4-2-5-11-21/h2-7,10-13,22H,8-9,14-19H2,1H3,(H,27,32). The minimum atomic E-state index is -0.122. The summed E-state index contributed by atoms with van der Waals surface area (Å²) < 4.78 is 0. The van der Waals surface area contributed by atoms with Crippen molar-refractivity contribution in [2.75, 3.05) is 13.1 Å². The van der Waals surface area contributed by atoms with Gasteiger partial charge in [0.2, 0.25) is 0 Å². The van der Waals surface area contributed by atoms with E-state index >= 15 is 0 Å². The third-order valence-corrected chi connectivity index (χ3v) is 7.15. The molecule has 2 aromatic carbocycles. The van der Waals surface area contributed by atoms with Crippen molar-refractivity contribution in [3.63, 3.8) is 0 Å². The smallest absolute Gasteiger partial charge is 0.273 e. The summed E-state index contributed by atoms with van der Waals surface area (Å²) in [7, 11) is 0. The highest BCUT2D eigenvalue weighted by atomic mass is 16.2. The first-order valence-corrected chi connectivity index (χ1v) is 11.8. The Bertz CT molecular complexity index is 1050. The van der Waals surface area contributed by atoms with Crippen LogP contribution in [0.5, 0.6) is 0 Å². The Hall–Kier alpha value is -2.99. The van der Waals surface area contributed by atoms with Gasteiger partial charge in [0.15, 0.2) is 5.69 Å². The van der Waals surface area contributed by atoms with Crippen LogP contribution in [-0.2, 0) is 5.54 Å². The highest BCUT2D eigenvalue weighted by molar-refractivity contribution is 5.93. The van der Waals surface area contributed by atoms with E-state index in [0.29, 0.717) is 11.4 Å². The molecule has 1 aliphatic heterocycles. The molecule has 32 heavy (non-hydrogen) atoms. The summed E-state index contributed by atoms with van der Waals surface area (Å²) in [6.07, 6.45) is 6.65.